The third kappa shape index (κ3) is 4.63. The highest BCUT2D eigenvalue weighted by atomic mass is 32.2. The zero-order chi connectivity index (χ0) is 18.4. The van der Waals surface area contributed by atoms with Gasteiger partial charge in [0.15, 0.2) is 0 Å². The molecule has 2 rings (SSSR count). The summed E-state index contributed by atoms with van der Waals surface area (Å²) in [4.78, 5) is 22.9. The molecule has 9 nitrogen and oxygen atoms in total. The molecule has 0 spiro atoms. The van der Waals surface area contributed by atoms with E-state index < -0.39 is 17.3 Å². The number of hydrogen-bond acceptors (Lipinski definition) is 9. The van der Waals surface area contributed by atoms with E-state index >= 15 is 0 Å². The van der Waals surface area contributed by atoms with Crippen LogP contribution in [-0.2, 0) is 9.53 Å². The Morgan fingerprint density at radius 2 is 1.96 bits per heavy atom. The van der Waals surface area contributed by atoms with Crippen molar-refractivity contribution in [2.24, 2.45) is 0 Å². The normalized spacial score (nSPS) is 11.5. The molecule has 1 heterocycles. The third-order valence-electron chi connectivity index (χ3n) is 3.10. The van der Waals surface area contributed by atoms with Gasteiger partial charge in [-0.05, 0) is 19.1 Å². The highest BCUT2D eigenvalue weighted by Gasteiger charge is 2.21. The van der Waals surface area contributed by atoms with Gasteiger partial charge in [0.05, 0.1) is 32.1 Å². The number of rotatable bonds is 6. The zero-order valence-electron chi connectivity index (χ0n) is 14.1. The average Bonchev–Trinajstić information content (AvgIpc) is 3.08. The minimum Gasteiger partial charge on any atom is -0.497 e. The van der Waals surface area contributed by atoms with Gasteiger partial charge in [0.2, 0.25) is 5.91 Å². The first kappa shape index (κ1) is 18.6. The number of benzene rings is 1. The minimum atomic E-state index is -0.827. The maximum absolute atomic E-state index is 11.8. The average molecular weight is 367 g/mol. The summed E-state index contributed by atoms with van der Waals surface area (Å²) < 4.78 is 20.4. The summed E-state index contributed by atoms with van der Waals surface area (Å²) in [5.74, 6) is 0.847. The van der Waals surface area contributed by atoms with Crippen molar-refractivity contribution < 1.29 is 28.2 Å². The summed E-state index contributed by atoms with van der Waals surface area (Å²) in [6, 6.07) is 5.16. The third-order valence-corrected chi connectivity index (χ3v) is 4.04. The van der Waals surface area contributed by atoms with Gasteiger partial charge in [-0.1, -0.05) is 11.8 Å². The first-order valence-electron chi connectivity index (χ1n) is 7.09. The molecular formula is C15H17N3O6S. The lowest BCUT2D eigenvalue weighted by molar-refractivity contribution is -0.119. The highest BCUT2D eigenvalue weighted by Crippen LogP contribution is 2.34. The predicted molar refractivity (Wildman–Crippen MR) is 88.7 cm³/mol. The fourth-order valence-electron chi connectivity index (χ4n) is 1.80. The van der Waals surface area contributed by atoms with Gasteiger partial charge in [-0.25, -0.2) is 4.79 Å². The molecule has 0 radical (unpaired) electrons. The van der Waals surface area contributed by atoms with Gasteiger partial charge < -0.3 is 18.6 Å². The maximum atomic E-state index is 11.8. The number of amides is 2. The van der Waals surface area contributed by atoms with E-state index in [4.69, 9.17) is 13.9 Å². The molecule has 0 saturated carbocycles. The van der Waals surface area contributed by atoms with E-state index in [2.05, 4.69) is 20.3 Å². The van der Waals surface area contributed by atoms with Crippen molar-refractivity contribution >= 4 is 23.8 Å². The Morgan fingerprint density at radius 1 is 1.20 bits per heavy atom. The lowest BCUT2D eigenvalue weighted by atomic mass is 10.2. The summed E-state index contributed by atoms with van der Waals surface area (Å²) in [6.07, 6.45) is -0.827. The van der Waals surface area contributed by atoms with Crippen LogP contribution >= 0.6 is 11.8 Å². The number of carbonyl (C=O) groups excluding carboxylic acids is 2. The molecule has 1 N–H and O–H groups in total. The number of alkyl carbamates (subject to hydrolysis) is 1. The van der Waals surface area contributed by atoms with E-state index in [0.717, 1.165) is 11.8 Å². The molecule has 0 bridgehead atoms. The molecule has 0 aliphatic rings. The number of nitrogens with zero attached hydrogens (tertiary/aromatic N) is 2. The standard InChI is InChI=1S/C15H17N3O6S/c1-8(12(19)16-14(20)23-4)25-15-18-17-13(24-15)10-6-5-9(21-2)7-11(10)22-3/h5-8H,1-4H3,(H,16,19,20)/t8-/m0/s1. The first-order valence-corrected chi connectivity index (χ1v) is 7.97. The van der Waals surface area contributed by atoms with Gasteiger partial charge in [0.1, 0.15) is 11.5 Å². The molecule has 0 unspecified atom stereocenters. The van der Waals surface area contributed by atoms with Crippen LogP contribution in [0.1, 0.15) is 6.92 Å². The van der Waals surface area contributed by atoms with Crippen molar-refractivity contribution in [1.82, 2.24) is 15.5 Å². The zero-order valence-corrected chi connectivity index (χ0v) is 14.9. The molecule has 0 aliphatic heterocycles. The van der Waals surface area contributed by atoms with Crippen LogP contribution in [0.25, 0.3) is 11.5 Å². The Labute approximate surface area is 148 Å². The fourth-order valence-corrected chi connectivity index (χ4v) is 2.48. The molecule has 1 aromatic carbocycles. The van der Waals surface area contributed by atoms with Crippen molar-refractivity contribution in [3.8, 4) is 23.0 Å². The lowest BCUT2D eigenvalue weighted by Gasteiger charge is -2.08. The molecular weight excluding hydrogens is 350 g/mol. The Morgan fingerprint density at radius 3 is 2.60 bits per heavy atom. The SMILES string of the molecule is COC(=O)NC(=O)[C@H](C)Sc1nnc(-c2ccc(OC)cc2OC)o1. The van der Waals surface area contributed by atoms with E-state index in [1.807, 2.05) is 0 Å². The van der Waals surface area contributed by atoms with Crippen molar-refractivity contribution in [3.05, 3.63) is 18.2 Å². The molecule has 2 amide bonds. The van der Waals surface area contributed by atoms with E-state index in [9.17, 15) is 9.59 Å². The molecule has 25 heavy (non-hydrogen) atoms. The number of methoxy groups -OCH3 is 3. The lowest BCUT2D eigenvalue weighted by Crippen LogP contribution is -2.35. The largest absolute Gasteiger partial charge is 0.497 e. The van der Waals surface area contributed by atoms with Gasteiger partial charge in [0, 0.05) is 6.07 Å². The monoisotopic (exact) mass is 367 g/mol. The minimum absolute atomic E-state index is 0.181. The number of ether oxygens (including phenoxy) is 3. The van der Waals surface area contributed by atoms with Crippen molar-refractivity contribution in [2.45, 2.75) is 17.4 Å². The number of carbonyl (C=O) groups is 2. The Balaban J connectivity index is 2.12. The quantitative estimate of drug-likeness (QED) is 0.767. The summed E-state index contributed by atoms with van der Waals surface area (Å²) in [6.45, 7) is 1.60. The second-order valence-electron chi connectivity index (χ2n) is 4.68. The van der Waals surface area contributed by atoms with Crippen LogP contribution in [0, 0.1) is 0 Å². The van der Waals surface area contributed by atoms with Gasteiger partial charge in [-0.2, -0.15) is 0 Å². The second kappa shape index (κ2) is 8.38. The number of aromatic nitrogens is 2. The van der Waals surface area contributed by atoms with E-state index in [0.29, 0.717) is 17.1 Å². The molecule has 0 aliphatic carbocycles. The summed E-state index contributed by atoms with van der Waals surface area (Å²) in [5, 5.41) is 9.48. The maximum Gasteiger partial charge on any atom is 0.413 e. The summed E-state index contributed by atoms with van der Waals surface area (Å²) >= 11 is 1.02. The van der Waals surface area contributed by atoms with Crippen LogP contribution in [0.4, 0.5) is 4.79 Å². The Kier molecular flexibility index (Phi) is 6.23. The van der Waals surface area contributed by atoms with Gasteiger partial charge >= 0.3 is 6.09 Å². The van der Waals surface area contributed by atoms with E-state index in [1.165, 1.54) is 14.2 Å². The molecule has 0 fully saturated rings. The van der Waals surface area contributed by atoms with Gasteiger partial charge in [0.25, 0.3) is 11.1 Å². The topological polar surface area (TPSA) is 113 Å². The van der Waals surface area contributed by atoms with Crippen LogP contribution < -0.4 is 14.8 Å². The molecule has 10 heteroatoms. The van der Waals surface area contributed by atoms with Crippen LogP contribution in [0.3, 0.4) is 0 Å². The Hall–Kier alpha value is -2.75. The molecule has 0 saturated heterocycles. The van der Waals surface area contributed by atoms with Crippen LogP contribution in [0.2, 0.25) is 0 Å². The van der Waals surface area contributed by atoms with Crippen LogP contribution in [-0.4, -0.2) is 48.8 Å². The number of thioether (sulfide) groups is 1. The Bertz CT molecular complexity index is 763. The molecule has 134 valence electrons. The second-order valence-corrected chi connectivity index (χ2v) is 5.97. The first-order chi connectivity index (χ1) is 12.0. The van der Waals surface area contributed by atoms with Crippen LogP contribution in [0.15, 0.2) is 27.8 Å². The number of nitrogens with one attached hydrogen (secondary N) is 1. The van der Waals surface area contributed by atoms with Crippen LogP contribution in [0.5, 0.6) is 11.5 Å². The smallest absolute Gasteiger partial charge is 0.413 e. The van der Waals surface area contributed by atoms with Gasteiger partial charge in [-0.3, -0.25) is 10.1 Å². The van der Waals surface area contributed by atoms with E-state index in [1.54, 1.807) is 32.2 Å². The summed E-state index contributed by atoms with van der Waals surface area (Å²) in [5.41, 5.74) is 0.592. The van der Waals surface area contributed by atoms with Gasteiger partial charge in [-0.15, -0.1) is 10.2 Å². The van der Waals surface area contributed by atoms with Crippen molar-refractivity contribution in [2.75, 3.05) is 21.3 Å². The van der Waals surface area contributed by atoms with E-state index in [-0.39, 0.29) is 11.1 Å². The van der Waals surface area contributed by atoms with Crippen molar-refractivity contribution in [3.63, 3.8) is 0 Å². The number of hydrogen-bond donors (Lipinski definition) is 1. The molecule has 1 atom stereocenters. The predicted octanol–water partition coefficient (Wildman–Crippen LogP) is 2.12. The summed E-state index contributed by atoms with van der Waals surface area (Å²) in [7, 11) is 4.24. The highest BCUT2D eigenvalue weighted by molar-refractivity contribution is 8.00. The molecule has 1 aromatic heterocycles. The molecule has 2 aromatic rings. The van der Waals surface area contributed by atoms with Crippen molar-refractivity contribution in [1.29, 1.82) is 0 Å². The fraction of sp³-hybridized carbons (Fsp3) is 0.333. The number of imide groups is 1.